The molecule has 1 N–H and O–H groups in total. The van der Waals surface area contributed by atoms with Crippen LogP contribution in [0.15, 0.2) is 48.5 Å². The fourth-order valence-corrected chi connectivity index (χ4v) is 2.30. The Kier molecular flexibility index (Phi) is 7.29. The molecule has 0 aliphatic carbocycles. The molecule has 0 fully saturated rings. The molecule has 2 aromatic rings. The topological polar surface area (TPSA) is 73.9 Å². The van der Waals surface area contributed by atoms with E-state index >= 15 is 0 Å². The number of ether oxygens (including phenoxy) is 3. The lowest BCUT2D eigenvalue weighted by Gasteiger charge is -2.14. The van der Waals surface area contributed by atoms with Crippen molar-refractivity contribution in [3.05, 3.63) is 59.1 Å². The number of methoxy groups -OCH3 is 1. The Balaban J connectivity index is 1.73. The van der Waals surface area contributed by atoms with Gasteiger partial charge in [-0.2, -0.15) is 0 Å². The number of halogens is 1. The Hall–Kier alpha value is -2.73. The predicted molar refractivity (Wildman–Crippen MR) is 97.8 cm³/mol. The average Bonchev–Trinajstić information content (AvgIpc) is 2.65. The zero-order valence-corrected chi connectivity index (χ0v) is 15.3. The SMILES string of the molecule is COc1ccc(OCCOC(=O)[C@H](C)NC(=O)c2ccccc2Cl)cc1. The molecular formula is C19H20ClNO5. The molecule has 0 radical (unpaired) electrons. The summed E-state index contributed by atoms with van der Waals surface area (Å²) in [7, 11) is 1.58. The molecule has 0 aliphatic rings. The first-order valence-electron chi connectivity index (χ1n) is 8.00. The average molecular weight is 378 g/mol. The van der Waals surface area contributed by atoms with Crippen molar-refractivity contribution < 1.29 is 23.8 Å². The summed E-state index contributed by atoms with van der Waals surface area (Å²) in [5.41, 5.74) is 0.302. The molecule has 1 amide bonds. The second-order valence-electron chi connectivity index (χ2n) is 5.37. The summed E-state index contributed by atoms with van der Waals surface area (Å²) in [4.78, 5) is 24.1. The Bertz CT molecular complexity index is 748. The maximum Gasteiger partial charge on any atom is 0.328 e. The standard InChI is InChI=1S/C19H20ClNO5/c1-13(21-18(22)16-5-3-4-6-17(16)20)19(23)26-12-11-25-15-9-7-14(24-2)8-10-15/h3-10,13H,11-12H2,1-2H3,(H,21,22)/t13-/m0/s1. The van der Waals surface area contributed by atoms with Gasteiger partial charge in [-0.15, -0.1) is 0 Å². The summed E-state index contributed by atoms with van der Waals surface area (Å²) >= 11 is 5.96. The smallest absolute Gasteiger partial charge is 0.328 e. The Morgan fingerprint density at radius 3 is 2.35 bits per heavy atom. The van der Waals surface area contributed by atoms with Crippen LogP contribution in [0, 0.1) is 0 Å². The highest BCUT2D eigenvalue weighted by atomic mass is 35.5. The van der Waals surface area contributed by atoms with Crippen LogP contribution < -0.4 is 14.8 Å². The molecule has 138 valence electrons. The fraction of sp³-hybridized carbons (Fsp3) is 0.263. The number of rotatable bonds is 8. The molecule has 0 spiro atoms. The second-order valence-corrected chi connectivity index (χ2v) is 5.77. The molecule has 0 unspecified atom stereocenters. The van der Waals surface area contributed by atoms with Crippen LogP contribution >= 0.6 is 11.6 Å². The van der Waals surface area contributed by atoms with Crippen molar-refractivity contribution in [2.75, 3.05) is 20.3 Å². The number of esters is 1. The van der Waals surface area contributed by atoms with Gasteiger partial charge < -0.3 is 19.5 Å². The van der Waals surface area contributed by atoms with Gasteiger partial charge in [0.05, 0.1) is 17.7 Å². The molecule has 1 atom stereocenters. The van der Waals surface area contributed by atoms with Gasteiger partial charge in [0.15, 0.2) is 0 Å². The minimum Gasteiger partial charge on any atom is -0.497 e. The van der Waals surface area contributed by atoms with Crippen molar-refractivity contribution in [2.24, 2.45) is 0 Å². The summed E-state index contributed by atoms with van der Waals surface area (Å²) in [6, 6.07) is 12.9. The molecule has 6 nitrogen and oxygen atoms in total. The quantitative estimate of drug-likeness (QED) is 0.565. The van der Waals surface area contributed by atoms with Crippen LogP contribution in [0.3, 0.4) is 0 Å². The first-order chi connectivity index (χ1) is 12.5. The normalized spacial score (nSPS) is 11.3. The lowest BCUT2D eigenvalue weighted by molar-refractivity contribution is -0.146. The monoisotopic (exact) mass is 377 g/mol. The maximum absolute atomic E-state index is 12.1. The van der Waals surface area contributed by atoms with Gasteiger partial charge >= 0.3 is 5.97 Å². The summed E-state index contributed by atoms with van der Waals surface area (Å²) in [5, 5.41) is 2.87. The van der Waals surface area contributed by atoms with Crippen LogP contribution in [-0.4, -0.2) is 38.2 Å². The number of amides is 1. The third kappa shape index (κ3) is 5.67. The highest BCUT2D eigenvalue weighted by Crippen LogP contribution is 2.17. The van der Waals surface area contributed by atoms with Crippen molar-refractivity contribution in [1.29, 1.82) is 0 Å². The zero-order valence-electron chi connectivity index (χ0n) is 14.5. The molecule has 0 saturated carbocycles. The van der Waals surface area contributed by atoms with Gasteiger partial charge in [0.25, 0.3) is 5.91 Å². The van der Waals surface area contributed by atoms with E-state index in [1.807, 2.05) is 0 Å². The van der Waals surface area contributed by atoms with E-state index in [9.17, 15) is 9.59 Å². The molecule has 2 aromatic carbocycles. The highest BCUT2D eigenvalue weighted by molar-refractivity contribution is 6.33. The van der Waals surface area contributed by atoms with Gasteiger partial charge in [-0.05, 0) is 43.3 Å². The maximum atomic E-state index is 12.1. The van der Waals surface area contributed by atoms with Gasteiger partial charge in [-0.25, -0.2) is 4.79 Å². The van der Waals surface area contributed by atoms with Crippen LogP contribution in [0.25, 0.3) is 0 Å². The van der Waals surface area contributed by atoms with E-state index in [4.69, 9.17) is 25.8 Å². The Labute approximate surface area is 157 Å². The van der Waals surface area contributed by atoms with E-state index in [2.05, 4.69) is 5.32 Å². The lowest BCUT2D eigenvalue weighted by atomic mass is 10.2. The van der Waals surface area contributed by atoms with E-state index in [0.717, 1.165) is 5.75 Å². The minimum atomic E-state index is -0.806. The molecule has 0 bridgehead atoms. The number of hydrogen-bond donors (Lipinski definition) is 1. The van der Waals surface area contributed by atoms with Crippen LogP contribution in [-0.2, 0) is 9.53 Å². The highest BCUT2D eigenvalue weighted by Gasteiger charge is 2.19. The summed E-state index contributed by atoms with van der Waals surface area (Å²) in [6.45, 7) is 1.81. The third-order valence-corrected chi connectivity index (χ3v) is 3.81. The molecule has 0 aromatic heterocycles. The van der Waals surface area contributed by atoms with Crippen molar-refractivity contribution in [3.63, 3.8) is 0 Å². The van der Waals surface area contributed by atoms with Crippen molar-refractivity contribution >= 4 is 23.5 Å². The summed E-state index contributed by atoms with van der Waals surface area (Å²) < 4.78 is 15.6. The summed E-state index contributed by atoms with van der Waals surface area (Å²) in [5.74, 6) is 0.382. The Morgan fingerprint density at radius 2 is 1.69 bits per heavy atom. The van der Waals surface area contributed by atoms with Gasteiger partial charge in [0, 0.05) is 0 Å². The third-order valence-electron chi connectivity index (χ3n) is 3.48. The van der Waals surface area contributed by atoms with Crippen LogP contribution in [0.2, 0.25) is 5.02 Å². The minimum absolute atomic E-state index is 0.0666. The van der Waals surface area contributed by atoms with Gasteiger partial charge in [-0.3, -0.25) is 4.79 Å². The van der Waals surface area contributed by atoms with Gasteiger partial charge in [0.1, 0.15) is 30.8 Å². The van der Waals surface area contributed by atoms with E-state index < -0.39 is 17.9 Å². The number of carbonyl (C=O) groups excluding carboxylic acids is 2. The number of hydrogen-bond acceptors (Lipinski definition) is 5. The molecule has 0 heterocycles. The Morgan fingerprint density at radius 1 is 1.04 bits per heavy atom. The fourth-order valence-electron chi connectivity index (χ4n) is 2.08. The molecule has 7 heteroatoms. The molecule has 0 aliphatic heterocycles. The first kappa shape index (κ1) is 19.6. The number of benzene rings is 2. The van der Waals surface area contributed by atoms with E-state index in [1.165, 1.54) is 0 Å². The van der Waals surface area contributed by atoms with E-state index in [1.54, 1.807) is 62.6 Å². The molecular weight excluding hydrogens is 358 g/mol. The van der Waals surface area contributed by atoms with Gasteiger partial charge in [0.2, 0.25) is 0 Å². The van der Waals surface area contributed by atoms with E-state index in [0.29, 0.717) is 16.3 Å². The number of carbonyl (C=O) groups is 2. The van der Waals surface area contributed by atoms with Crippen LogP contribution in [0.4, 0.5) is 0 Å². The van der Waals surface area contributed by atoms with Crippen LogP contribution in [0.1, 0.15) is 17.3 Å². The van der Waals surface area contributed by atoms with E-state index in [-0.39, 0.29) is 13.2 Å². The van der Waals surface area contributed by atoms with Crippen molar-refractivity contribution in [2.45, 2.75) is 13.0 Å². The lowest BCUT2D eigenvalue weighted by Crippen LogP contribution is -2.40. The van der Waals surface area contributed by atoms with Crippen LogP contribution in [0.5, 0.6) is 11.5 Å². The molecule has 2 rings (SSSR count). The van der Waals surface area contributed by atoms with Gasteiger partial charge in [-0.1, -0.05) is 23.7 Å². The largest absolute Gasteiger partial charge is 0.497 e. The number of nitrogens with one attached hydrogen (secondary N) is 1. The molecule has 26 heavy (non-hydrogen) atoms. The van der Waals surface area contributed by atoms with Crippen molar-refractivity contribution in [1.82, 2.24) is 5.32 Å². The first-order valence-corrected chi connectivity index (χ1v) is 8.38. The molecule has 0 saturated heterocycles. The van der Waals surface area contributed by atoms with Crippen molar-refractivity contribution in [3.8, 4) is 11.5 Å². The summed E-state index contributed by atoms with van der Waals surface area (Å²) in [6.07, 6.45) is 0. The zero-order chi connectivity index (χ0) is 18.9. The second kappa shape index (κ2) is 9.68. The predicted octanol–water partition coefficient (Wildman–Crippen LogP) is 3.09.